The van der Waals surface area contributed by atoms with E-state index in [0.717, 1.165) is 17.1 Å². The summed E-state index contributed by atoms with van der Waals surface area (Å²) in [6, 6.07) is 77.8. The Hall–Kier alpha value is -6.96. The van der Waals surface area contributed by atoms with Gasteiger partial charge in [-0.2, -0.15) is 0 Å². The van der Waals surface area contributed by atoms with Gasteiger partial charge in [-0.1, -0.05) is 184 Å². The smallest absolute Gasteiger partial charge is 0.0546 e. The summed E-state index contributed by atoms with van der Waals surface area (Å²) in [7, 11) is 0. The maximum atomic E-state index is 2.48. The van der Waals surface area contributed by atoms with Crippen LogP contribution in [-0.2, 0) is 5.41 Å². The number of rotatable bonds is 7. The highest BCUT2D eigenvalue weighted by Crippen LogP contribution is 2.52. The summed E-state index contributed by atoms with van der Waals surface area (Å²) >= 11 is 0. The third-order valence-electron chi connectivity index (χ3n) is 11.7. The maximum Gasteiger partial charge on any atom is 0.0546 e. The van der Waals surface area contributed by atoms with E-state index in [0.29, 0.717) is 0 Å². The second-order valence-electron chi connectivity index (χ2n) is 15.4. The molecule has 0 bridgehead atoms. The third-order valence-corrected chi connectivity index (χ3v) is 11.7. The molecule has 0 amide bonds. The Balaban J connectivity index is 1.23. The molecule has 0 saturated heterocycles. The molecule has 56 heavy (non-hydrogen) atoms. The fraction of sp³-hybridized carbons (Fsp3) is 0.0545. The van der Waals surface area contributed by atoms with Crippen molar-refractivity contribution in [3.8, 4) is 55.6 Å². The number of nitrogens with zero attached hydrogens (tertiary/aromatic N) is 1. The first-order chi connectivity index (χ1) is 27.5. The maximum absolute atomic E-state index is 2.48. The highest BCUT2D eigenvalue weighted by molar-refractivity contribution is 6.00. The summed E-state index contributed by atoms with van der Waals surface area (Å²) in [5.41, 5.74) is 18.2. The molecule has 266 valence electrons. The molecule has 0 radical (unpaired) electrons. The highest BCUT2D eigenvalue weighted by Gasteiger charge is 2.36. The van der Waals surface area contributed by atoms with Crippen molar-refractivity contribution in [2.75, 3.05) is 4.90 Å². The van der Waals surface area contributed by atoms with Gasteiger partial charge in [0.25, 0.3) is 0 Å². The average molecular weight is 716 g/mol. The molecule has 1 aliphatic carbocycles. The van der Waals surface area contributed by atoms with Crippen LogP contribution in [0.2, 0.25) is 0 Å². The van der Waals surface area contributed by atoms with Gasteiger partial charge in [0.1, 0.15) is 0 Å². The second-order valence-corrected chi connectivity index (χ2v) is 15.4. The Labute approximate surface area is 329 Å². The summed E-state index contributed by atoms with van der Waals surface area (Å²) in [6.45, 7) is 4.72. The predicted molar refractivity (Wildman–Crippen MR) is 238 cm³/mol. The van der Waals surface area contributed by atoms with Crippen LogP contribution >= 0.6 is 0 Å². The van der Waals surface area contributed by atoms with E-state index in [9.17, 15) is 0 Å². The Morgan fingerprint density at radius 2 is 0.875 bits per heavy atom. The van der Waals surface area contributed by atoms with Gasteiger partial charge in [0, 0.05) is 22.4 Å². The van der Waals surface area contributed by atoms with E-state index in [2.05, 4.69) is 231 Å². The quantitative estimate of drug-likeness (QED) is 0.159. The van der Waals surface area contributed by atoms with Gasteiger partial charge in [0.05, 0.1) is 5.69 Å². The number of hydrogen-bond donors (Lipinski definition) is 0. The zero-order valence-corrected chi connectivity index (χ0v) is 31.7. The summed E-state index contributed by atoms with van der Waals surface area (Å²) in [6.07, 6.45) is 0. The molecule has 9 aromatic rings. The van der Waals surface area contributed by atoms with Crippen LogP contribution in [0.5, 0.6) is 0 Å². The molecule has 0 atom stereocenters. The third kappa shape index (κ3) is 5.81. The minimum atomic E-state index is -0.133. The van der Waals surface area contributed by atoms with E-state index in [4.69, 9.17) is 0 Å². The van der Waals surface area contributed by atoms with E-state index in [1.54, 1.807) is 0 Å². The standard InChI is InChI=1S/C55H41N/c1-55(2)51-25-12-11-23-49(51)50-34-33-47(37-52(50)55)56(46-31-29-41(30-32-46)38-15-5-3-6-16-38)53-26-14-24-48(44-22-13-21-43(35-44)39-17-7-4-8-18-39)54(53)45-28-27-40-19-9-10-20-42(40)36-45/h3-37H,1-2H3. The van der Waals surface area contributed by atoms with Crippen molar-refractivity contribution in [2.45, 2.75) is 19.3 Å². The largest absolute Gasteiger partial charge is 0.310 e. The van der Waals surface area contributed by atoms with E-state index in [1.165, 1.54) is 77.5 Å². The first kappa shape index (κ1) is 33.6. The van der Waals surface area contributed by atoms with E-state index in [1.807, 2.05) is 0 Å². The SMILES string of the molecule is CC1(C)c2ccccc2-c2ccc(N(c3ccc(-c4ccccc4)cc3)c3cccc(-c4cccc(-c5ccccc5)c4)c3-c3ccc4ccccc4c3)cc21. The molecule has 1 aliphatic rings. The molecule has 0 spiro atoms. The molecule has 10 rings (SSSR count). The molecular formula is C55H41N. The number of benzene rings is 9. The molecule has 0 aromatic heterocycles. The van der Waals surface area contributed by atoms with E-state index < -0.39 is 0 Å². The van der Waals surface area contributed by atoms with Crippen LogP contribution in [0.1, 0.15) is 25.0 Å². The Morgan fingerprint density at radius 3 is 1.66 bits per heavy atom. The number of fused-ring (bicyclic) bond motifs is 4. The van der Waals surface area contributed by atoms with Gasteiger partial charge in [0.15, 0.2) is 0 Å². The molecule has 0 saturated carbocycles. The first-order valence-electron chi connectivity index (χ1n) is 19.5. The van der Waals surface area contributed by atoms with E-state index >= 15 is 0 Å². The summed E-state index contributed by atoms with van der Waals surface area (Å²) in [5, 5.41) is 2.45. The van der Waals surface area contributed by atoms with Gasteiger partial charge in [-0.3, -0.25) is 0 Å². The van der Waals surface area contributed by atoms with Gasteiger partial charge in [-0.05, 0) is 114 Å². The van der Waals surface area contributed by atoms with Crippen molar-refractivity contribution in [3.05, 3.63) is 223 Å². The minimum Gasteiger partial charge on any atom is -0.310 e. The van der Waals surface area contributed by atoms with Crippen LogP contribution in [0.3, 0.4) is 0 Å². The molecule has 0 N–H and O–H groups in total. The van der Waals surface area contributed by atoms with Crippen molar-refractivity contribution in [1.82, 2.24) is 0 Å². The zero-order valence-electron chi connectivity index (χ0n) is 31.7. The summed E-state index contributed by atoms with van der Waals surface area (Å²) in [4.78, 5) is 2.48. The molecule has 0 fully saturated rings. The monoisotopic (exact) mass is 715 g/mol. The van der Waals surface area contributed by atoms with Crippen LogP contribution in [0.15, 0.2) is 212 Å². The van der Waals surface area contributed by atoms with Gasteiger partial charge in [-0.15, -0.1) is 0 Å². The van der Waals surface area contributed by atoms with Crippen molar-refractivity contribution in [3.63, 3.8) is 0 Å². The van der Waals surface area contributed by atoms with Crippen molar-refractivity contribution in [1.29, 1.82) is 0 Å². The minimum absolute atomic E-state index is 0.133. The molecule has 0 heterocycles. The average Bonchev–Trinajstić information content (AvgIpc) is 3.49. The lowest BCUT2D eigenvalue weighted by atomic mass is 9.82. The first-order valence-corrected chi connectivity index (χ1v) is 19.5. The molecule has 1 heteroatoms. The predicted octanol–water partition coefficient (Wildman–Crippen LogP) is 15.3. The fourth-order valence-electron chi connectivity index (χ4n) is 8.80. The second kappa shape index (κ2) is 13.7. The van der Waals surface area contributed by atoms with Crippen LogP contribution in [0.25, 0.3) is 66.4 Å². The number of hydrogen-bond acceptors (Lipinski definition) is 1. The Morgan fingerprint density at radius 1 is 0.321 bits per heavy atom. The summed E-state index contributed by atoms with van der Waals surface area (Å²) < 4.78 is 0. The zero-order chi connectivity index (χ0) is 37.6. The van der Waals surface area contributed by atoms with Crippen LogP contribution in [0, 0.1) is 0 Å². The highest BCUT2D eigenvalue weighted by atomic mass is 15.1. The van der Waals surface area contributed by atoms with Crippen molar-refractivity contribution in [2.24, 2.45) is 0 Å². The summed E-state index contributed by atoms with van der Waals surface area (Å²) in [5.74, 6) is 0. The van der Waals surface area contributed by atoms with Crippen LogP contribution < -0.4 is 4.90 Å². The topological polar surface area (TPSA) is 3.24 Å². The molecular weight excluding hydrogens is 675 g/mol. The normalized spacial score (nSPS) is 12.6. The molecule has 0 aliphatic heterocycles. The van der Waals surface area contributed by atoms with Gasteiger partial charge < -0.3 is 4.90 Å². The van der Waals surface area contributed by atoms with Gasteiger partial charge in [0.2, 0.25) is 0 Å². The van der Waals surface area contributed by atoms with E-state index in [-0.39, 0.29) is 5.41 Å². The van der Waals surface area contributed by atoms with Crippen molar-refractivity contribution >= 4 is 27.8 Å². The Bertz CT molecular complexity index is 2870. The Kier molecular flexibility index (Phi) is 8.23. The lowest BCUT2D eigenvalue weighted by Crippen LogP contribution is -2.17. The van der Waals surface area contributed by atoms with Gasteiger partial charge >= 0.3 is 0 Å². The van der Waals surface area contributed by atoms with Crippen LogP contribution in [0.4, 0.5) is 17.1 Å². The number of anilines is 3. The fourth-order valence-corrected chi connectivity index (χ4v) is 8.80. The van der Waals surface area contributed by atoms with Crippen molar-refractivity contribution < 1.29 is 0 Å². The molecule has 0 unspecified atom stereocenters. The van der Waals surface area contributed by atoms with Gasteiger partial charge in [-0.25, -0.2) is 0 Å². The lowest BCUT2D eigenvalue weighted by molar-refractivity contribution is 0.660. The van der Waals surface area contributed by atoms with Crippen LogP contribution in [-0.4, -0.2) is 0 Å². The molecule has 9 aromatic carbocycles. The lowest BCUT2D eigenvalue weighted by Gasteiger charge is -2.31. The molecule has 1 nitrogen and oxygen atoms in total.